The van der Waals surface area contributed by atoms with Gasteiger partial charge in [0.2, 0.25) is 0 Å². The Morgan fingerprint density at radius 2 is 1.58 bits per heavy atom. The Bertz CT molecular complexity index is 934. The van der Waals surface area contributed by atoms with Gasteiger partial charge in [0.05, 0.1) is 6.54 Å². The summed E-state index contributed by atoms with van der Waals surface area (Å²) in [5.41, 5.74) is 13.7. The second kappa shape index (κ2) is 7.85. The molecule has 4 rings (SSSR count). The van der Waals surface area contributed by atoms with Gasteiger partial charge in [-0.2, -0.15) is 0 Å². The Hall–Kier alpha value is -2.51. The summed E-state index contributed by atoms with van der Waals surface area (Å²) in [6.45, 7) is 1.05. The first kappa shape index (κ1) is 16.4. The molecule has 0 aliphatic heterocycles. The van der Waals surface area contributed by atoms with Crippen molar-refractivity contribution in [3.05, 3.63) is 69.2 Å². The van der Waals surface area contributed by atoms with Crippen LogP contribution in [0.25, 0.3) is 30.6 Å². The van der Waals surface area contributed by atoms with E-state index in [0.29, 0.717) is 13.1 Å². The number of hydrogen-bond donors (Lipinski definition) is 1. The van der Waals surface area contributed by atoms with Crippen molar-refractivity contribution >= 4 is 42.8 Å². The maximum atomic E-state index is 8.15. The molecule has 0 unspecified atom stereocenters. The first-order valence-corrected chi connectivity index (χ1v) is 8.79. The summed E-state index contributed by atoms with van der Waals surface area (Å²) in [4.78, 5) is 13.0. The summed E-state index contributed by atoms with van der Waals surface area (Å²) in [5.74, 6) is 0. The highest BCUT2D eigenvalue weighted by Gasteiger charge is 1.99. The zero-order chi connectivity index (χ0) is 16.8. The minimum atomic E-state index is 0.426. The van der Waals surface area contributed by atoms with Crippen LogP contribution in [0.4, 0.5) is 0 Å². The van der Waals surface area contributed by atoms with E-state index in [4.69, 9.17) is 11.3 Å². The van der Waals surface area contributed by atoms with Gasteiger partial charge < -0.3 is 5.73 Å². The van der Waals surface area contributed by atoms with Crippen molar-refractivity contribution in [2.24, 2.45) is 10.8 Å². The summed E-state index contributed by atoms with van der Waals surface area (Å²) in [6.07, 6.45) is 7.24. The van der Waals surface area contributed by atoms with Crippen LogP contribution in [0.1, 0.15) is 9.75 Å². The van der Waals surface area contributed by atoms with Crippen LogP contribution >= 0.6 is 22.7 Å². The molecule has 0 aliphatic carbocycles. The van der Waals surface area contributed by atoms with Crippen LogP contribution in [-0.2, 0) is 13.1 Å². The molecule has 0 amide bonds. The van der Waals surface area contributed by atoms with Gasteiger partial charge in [0.25, 0.3) is 0 Å². The molecular formula is C16H14N6S2. The van der Waals surface area contributed by atoms with Crippen molar-refractivity contribution in [1.82, 2.24) is 9.97 Å². The van der Waals surface area contributed by atoms with Crippen LogP contribution < -0.4 is 5.73 Å². The molecule has 0 radical (unpaired) electrons. The molecule has 0 aliphatic rings. The Labute approximate surface area is 146 Å². The minimum Gasteiger partial charge on any atom is -0.326 e. The van der Waals surface area contributed by atoms with Gasteiger partial charge in [-0.1, -0.05) is 5.11 Å². The fourth-order valence-electron chi connectivity index (χ4n) is 2.16. The molecule has 2 N–H and O–H groups in total. The van der Waals surface area contributed by atoms with Crippen LogP contribution in [-0.4, -0.2) is 9.97 Å². The molecule has 8 heteroatoms. The quantitative estimate of drug-likeness (QED) is 0.323. The summed E-state index contributed by atoms with van der Waals surface area (Å²) in [6, 6.07) is 8.06. The molecule has 0 saturated carbocycles. The summed E-state index contributed by atoms with van der Waals surface area (Å²) < 4.78 is 2.44. The largest absolute Gasteiger partial charge is 0.326 e. The molecule has 0 atom stereocenters. The molecular weight excluding hydrogens is 340 g/mol. The van der Waals surface area contributed by atoms with Crippen LogP contribution in [0, 0.1) is 0 Å². The fraction of sp³-hybridized carbons (Fsp3) is 0.125. The first-order chi connectivity index (χ1) is 11.8. The van der Waals surface area contributed by atoms with Crippen molar-refractivity contribution in [3.8, 4) is 0 Å². The molecule has 0 bridgehead atoms. The van der Waals surface area contributed by atoms with E-state index in [1.165, 1.54) is 19.7 Å². The zero-order valence-electron chi connectivity index (χ0n) is 12.7. The number of fused-ring (bicyclic) bond motifs is 2. The molecule has 120 valence electrons. The number of nitrogens with two attached hydrogens (primary N) is 1. The number of thiophene rings is 2. The van der Waals surface area contributed by atoms with E-state index >= 15 is 0 Å². The number of rotatable bonds is 3. The molecule has 0 saturated heterocycles. The Morgan fingerprint density at radius 1 is 1.00 bits per heavy atom. The third-order valence-corrected chi connectivity index (χ3v) is 5.47. The third-order valence-electron chi connectivity index (χ3n) is 3.23. The molecule has 4 aromatic heterocycles. The molecule has 0 spiro atoms. The second-order valence-corrected chi connectivity index (χ2v) is 7.18. The first-order valence-electron chi connectivity index (χ1n) is 7.16. The van der Waals surface area contributed by atoms with Crippen LogP contribution in [0.15, 0.2) is 54.2 Å². The molecule has 6 nitrogen and oxygen atoms in total. The smallest absolute Gasteiger partial charge is 0.0605 e. The third kappa shape index (κ3) is 3.87. The topological polar surface area (TPSA) is 101 Å². The van der Waals surface area contributed by atoms with E-state index in [1.54, 1.807) is 35.1 Å². The summed E-state index contributed by atoms with van der Waals surface area (Å²) in [7, 11) is 0. The summed E-state index contributed by atoms with van der Waals surface area (Å²) >= 11 is 3.36. The van der Waals surface area contributed by atoms with Gasteiger partial charge >= 0.3 is 0 Å². The van der Waals surface area contributed by atoms with Gasteiger partial charge in [0, 0.05) is 66.2 Å². The molecule has 24 heavy (non-hydrogen) atoms. The number of nitrogens with zero attached hydrogens (tertiary/aromatic N) is 5. The van der Waals surface area contributed by atoms with E-state index in [2.05, 4.69) is 26.1 Å². The monoisotopic (exact) mass is 354 g/mol. The van der Waals surface area contributed by atoms with Gasteiger partial charge in [-0.15, -0.1) is 22.7 Å². The lowest BCUT2D eigenvalue weighted by atomic mass is 10.3. The van der Waals surface area contributed by atoms with Gasteiger partial charge in [-0.05, 0) is 29.8 Å². The number of azide groups is 1. The van der Waals surface area contributed by atoms with Crippen LogP contribution in [0.5, 0.6) is 0 Å². The zero-order valence-corrected chi connectivity index (χ0v) is 14.3. The van der Waals surface area contributed by atoms with Gasteiger partial charge in [0.15, 0.2) is 0 Å². The molecule has 0 aromatic carbocycles. The van der Waals surface area contributed by atoms with E-state index in [0.717, 1.165) is 10.3 Å². The lowest BCUT2D eigenvalue weighted by molar-refractivity contribution is 1.08. The Morgan fingerprint density at radius 3 is 2.12 bits per heavy atom. The van der Waals surface area contributed by atoms with E-state index < -0.39 is 0 Å². The predicted octanol–water partition coefficient (Wildman–Crippen LogP) is 4.86. The minimum absolute atomic E-state index is 0.426. The van der Waals surface area contributed by atoms with Crippen molar-refractivity contribution in [2.45, 2.75) is 13.1 Å². The van der Waals surface area contributed by atoms with Gasteiger partial charge in [-0.3, -0.25) is 9.97 Å². The highest BCUT2D eigenvalue weighted by molar-refractivity contribution is 7.19. The second-order valence-electron chi connectivity index (χ2n) is 4.85. The van der Waals surface area contributed by atoms with Crippen molar-refractivity contribution in [2.75, 3.05) is 0 Å². The van der Waals surface area contributed by atoms with E-state index in [9.17, 15) is 0 Å². The lowest BCUT2D eigenvalue weighted by Gasteiger charge is -1.81. The van der Waals surface area contributed by atoms with Crippen LogP contribution in [0.3, 0.4) is 0 Å². The normalized spacial score (nSPS) is 10.2. The maximum Gasteiger partial charge on any atom is 0.0605 e. The van der Waals surface area contributed by atoms with E-state index in [1.807, 2.05) is 30.6 Å². The number of pyridine rings is 2. The summed E-state index contributed by atoms with van der Waals surface area (Å²) in [5, 5.41) is 5.81. The highest BCUT2D eigenvalue weighted by Crippen LogP contribution is 2.25. The SMILES string of the molecule is NCc1cc2cnccc2s1.[N-]=[N+]=NCc1cc2cnccc2s1. The number of aromatic nitrogens is 2. The Balaban J connectivity index is 0.000000143. The number of hydrogen-bond acceptors (Lipinski definition) is 6. The highest BCUT2D eigenvalue weighted by atomic mass is 32.1. The molecule has 4 heterocycles. The average Bonchev–Trinajstić information content (AvgIpc) is 3.23. The average molecular weight is 354 g/mol. The van der Waals surface area contributed by atoms with Crippen molar-refractivity contribution in [1.29, 1.82) is 0 Å². The standard InChI is InChI=1S/C8H6N4S.C8H8N2S/c9-12-11-5-7-3-6-4-10-2-1-8(6)13-7;9-4-7-3-6-5-10-2-1-8(6)11-7/h1-4H,5H2;1-3,5H,4,9H2. The van der Waals surface area contributed by atoms with E-state index in [-0.39, 0.29) is 0 Å². The van der Waals surface area contributed by atoms with Crippen molar-refractivity contribution in [3.63, 3.8) is 0 Å². The predicted molar refractivity (Wildman–Crippen MR) is 100.0 cm³/mol. The van der Waals surface area contributed by atoms with Crippen LogP contribution in [0.2, 0.25) is 0 Å². The van der Waals surface area contributed by atoms with Gasteiger partial charge in [0.1, 0.15) is 0 Å². The lowest BCUT2D eigenvalue weighted by Crippen LogP contribution is -1.90. The van der Waals surface area contributed by atoms with Gasteiger partial charge in [-0.25, -0.2) is 0 Å². The molecule has 4 aromatic rings. The fourth-order valence-corrected chi connectivity index (χ4v) is 4.02. The Kier molecular flexibility index (Phi) is 5.35. The maximum absolute atomic E-state index is 8.15. The molecule has 0 fully saturated rings. The van der Waals surface area contributed by atoms with Crippen molar-refractivity contribution < 1.29 is 0 Å².